The molecule has 2 amide bonds. The van der Waals surface area contributed by atoms with Crippen LogP contribution in [0.15, 0.2) is 30.3 Å². The number of amides is 2. The molecule has 1 fully saturated rings. The molecule has 3 N–H and O–H groups in total. The zero-order valence-corrected chi connectivity index (χ0v) is 9.73. The van der Waals surface area contributed by atoms with Crippen LogP contribution in [0.3, 0.4) is 0 Å². The molecule has 1 aromatic rings. The highest BCUT2D eigenvalue weighted by atomic mass is 16.3. The Morgan fingerprint density at radius 2 is 2.06 bits per heavy atom. The fourth-order valence-corrected chi connectivity index (χ4v) is 1.86. The fraction of sp³-hybridized carbons (Fsp3) is 0.462. The summed E-state index contributed by atoms with van der Waals surface area (Å²) in [5, 5.41) is 15.0. The molecular weight excluding hydrogens is 216 g/mol. The summed E-state index contributed by atoms with van der Waals surface area (Å²) in [4.78, 5) is 11.7. The first-order valence-corrected chi connectivity index (χ1v) is 6.02. The summed E-state index contributed by atoms with van der Waals surface area (Å²) in [6.45, 7) is -0.0951. The van der Waals surface area contributed by atoms with E-state index in [1.165, 1.54) is 6.42 Å². The molecule has 2 rings (SSSR count). The number of urea groups is 1. The molecule has 0 spiro atoms. The number of aliphatic hydroxyl groups excluding tert-OH is 1. The van der Waals surface area contributed by atoms with Gasteiger partial charge in [-0.2, -0.15) is 0 Å². The molecule has 0 radical (unpaired) electrons. The van der Waals surface area contributed by atoms with Crippen LogP contribution < -0.4 is 10.6 Å². The standard InChI is InChI=1S/C13H18N2O2/c16-9-12(10-5-2-1-3-6-10)15-13(17)14-11-7-4-8-11/h1-3,5-6,11-12,16H,4,7-9H2,(H2,14,15,17)/t12-/m0/s1. The first-order valence-electron chi connectivity index (χ1n) is 6.02. The molecule has 0 bridgehead atoms. The molecule has 0 saturated heterocycles. The second kappa shape index (κ2) is 5.68. The molecule has 92 valence electrons. The summed E-state index contributed by atoms with van der Waals surface area (Å²) < 4.78 is 0. The number of nitrogens with one attached hydrogen (secondary N) is 2. The van der Waals surface area contributed by atoms with Gasteiger partial charge in [0.2, 0.25) is 0 Å². The summed E-state index contributed by atoms with van der Waals surface area (Å²) >= 11 is 0. The van der Waals surface area contributed by atoms with E-state index in [4.69, 9.17) is 0 Å². The lowest BCUT2D eigenvalue weighted by molar-refractivity contribution is 0.208. The Hall–Kier alpha value is -1.55. The van der Waals surface area contributed by atoms with Crippen LogP contribution in [0.4, 0.5) is 4.79 Å². The van der Waals surface area contributed by atoms with Crippen molar-refractivity contribution in [2.24, 2.45) is 0 Å². The lowest BCUT2D eigenvalue weighted by Crippen LogP contribution is -2.46. The molecule has 1 saturated carbocycles. The van der Waals surface area contributed by atoms with Gasteiger partial charge >= 0.3 is 6.03 Å². The highest BCUT2D eigenvalue weighted by Crippen LogP contribution is 2.18. The van der Waals surface area contributed by atoms with E-state index in [0.29, 0.717) is 6.04 Å². The number of rotatable bonds is 4. The van der Waals surface area contributed by atoms with Gasteiger partial charge in [-0.15, -0.1) is 0 Å². The van der Waals surface area contributed by atoms with E-state index in [0.717, 1.165) is 18.4 Å². The third kappa shape index (κ3) is 3.20. The van der Waals surface area contributed by atoms with E-state index in [9.17, 15) is 9.90 Å². The number of hydrogen-bond donors (Lipinski definition) is 3. The minimum absolute atomic E-state index is 0.0951. The maximum Gasteiger partial charge on any atom is 0.315 e. The van der Waals surface area contributed by atoms with Crippen molar-refractivity contribution in [3.05, 3.63) is 35.9 Å². The van der Waals surface area contributed by atoms with Gasteiger partial charge in [-0.05, 0) is 24.8 Å². The minimum atomic E-state index is -0.337. The first-order chi connectivity index (χ1) is 8.29. The molecule has 1 aromatic carbocycles. The van der Waals surface area contributed by atoms with E-state index < -0.39 is 0 Å². The van der Waals surface area contributed by atoms with Gasteiger partial charge in [0, 0.05) is 6.04 Å². The maximum atomic E-state index is 11.7. The Morgan fingerprint density at radius 1 is 1.35 bits per heavy atom. The molecule has 4 heteroatoms. The van der Waals surface area contributed by atoms with E-state index >= 15 is 0 Å². The average molecular weight is 234 g/mol. The quantitative estimate of drug-likeness (QED) is 0.740. The average Bonchev–Trinajstić information content (AvgIpc) is 2.32. The first kappa shape index (κ1) is 11.9. The van der Waals surface area contributed by atoms with Crippen LogP contribution in [0.2, 0.25) is 0 Å². The summed E-state index contributed by atoms with van der Waals surface area (Å²) in [7, 11) is 0. The van der Waals surface area contributed by atoms with Crippen molar-refractivity contribution in [1.82, 2.24) is 10.6 Å². The summed E-state index contributed by atoms with van der Waals surface area (Å²) in [6.07, 6.45) is 3.30. The molecular formula is C13H18N2O2. The molecule has 4 nitrogen and oxygen atoms in total. The van der Waals surface area contributed by atoms with Gasteiger partial charge in [-0.1, -0.05) is 30.3 Å². The summed E-state index contributed by atoms with van der Waals surface area (Å²) in [5.41, 5.74) is 0.916. The van der Waals surface area contributed by atoms with E-state index in [1.807, 2.05) is 30.3 Å². The lowest BCUT2D eigenvalue weighted by Gasteiger charge is -2.27. The highest BCUT2D eigenvalue weighted by molar-refractivity contribution is 5.74. The van der Waals surface area contributed by atoms with E-state index in [-0.39, 0.29) is 18.7 Å². The number of benzene rings is 1. The Balaban J connectivity index is 1.88. The largest absolute Gasteiger partial charge is 0.394 e. The predicted octanol–water partition coefficient (Wildman–Crippen LogP) is 1.57. The Morgan fingerprint density at radius 3 is 2.59 bits per heavy atom. The van der Waals surface area contributed by atoms with Crippen molar-refractivity contribution >= 4 is 6.03 Å². The number of aliphatic hydroxyl groups is 1. The number of carbonyl (C=O) groups is 1. The van der Waals surface area contributed by atoms with Gasteiger partial charge in [-0.25, -0.2) is 4.79 Å². The van der Waals surface area contributed by atoms with Crippen LogP contribution in [-0.4, -0.2) is 23.8 Å². The van der Waals surface area contributed by atoms with Crippen LogP contribution in [0, 0.1) is 0 Å². The molecule has 0 aromatic heterocycles. The smallest absolute Gasteiger partial charge is 0.315 e. The van der Waals surface area contributed by atoms with E-state index in [2.05, 4.69) is 10.6 Å². The SMILES string of the molecule is O=C(NC1CCC1)N[C@@H](CO)c1ccccc1. The molecule has 17 heavy (non-hydrogen) atoms. The van der Waals surface area contributed by atoms with Crippen LogP contribution in [-0.2, 0) is 0 Å². The summed E-state index contributed by atoms with van der Waals surface area (Å²) in [5.74, 6) is 0. The van der Waals surface area contributed by atoms with E-state index in [1.54, 1.807) is 0 Å². The van der Waals surface area contributed by atoms with Gasteiger partial charge in [-0.3, -0.25) is 0 Å². The molecule has 1 atom stereocenters. The topological polar surface area (TPSA) is 61.4 Å². The molecule has 0 unspecified atom stereocenters. The number of carbonyl (C=O) groups excluding carboxylic acids is 1. The van der Waals surface area contributed by atoms with Crippen LogP contribution >= 0.6 is 0 Å². The maximum absolute atomic E-state index is 11.7. The Kier molecular flexibility index (Phi) is 3.98. The third-order valence-corrected chi connectivity index (χ3v) is 3.13. The normalized spacial score (nSPS) is 17.0. The lowest BCUT2D eigenvalue weighted by atomic mass is 9.93. The van der Waals surface area contributed by atoms with Gasteiger partial charge in [0.05, 0.1) is 12.6 Å². The monoisotopic (exact) mass is 234 g/mol. The highest BCUT2D eigenvalue weighted by Gasteiger charge is 2.21. The minimum Gasteiger partial charge on any atom is -0.394 e. The van der Waals surface area contributed by atoms with Crippen LogP contribution in [0.5, 0.6) is 0 Å². The van der Waals surface area contributed by atoms with Gasteiger partial charge < -0.3 is 15.7 Å². The second-order valence-corrected chi connectivity index (χ2v) is 4.39. The van der Waals surface area contributed by atoms with Gasteiger partial charge in [0.1, 0.15) is 0 Å². The number of hydrogen-bond acceptors (Lipinski definition) is 2. The molecule has 1 aliphatic rings. The van der Waals surface area contributed by atoms with Crippen molar-refractivity contribution in [3.8, 4) is 0 Å². The van der Waals surface area contributed by atoms with Gasteiger partial charge in [0.25, 0.3) is 0 Å². The van der Waals surface area contributed by atoms with Crippen LogP contribution in [0.1, 0.15) is 30.9 Å². The zero-order chi connectivity index (χ0) is 12.1. The van der Waals surface area contributed by atoms with Crippen molar-refractivity contribution < 1.29 is 9.90 Å². The van der Waals surface area contributed by atoms with Crippen molar-refractivity contribution in [2.45, 2.75) is 31.3 Å². The molecule has 0 heterocycles. The molecule has 0 aliphatic heterocycles. The van der Waals surface area contributed by atoms with Crippen molar-refractivity contribution in [1.29, 1.82) is 0 Å². The van der Waals surface area contributed by atoms with Gasteiger partial charge in [0.15, 0.2) is 0 Å². The van der Waals surface area contributed by atoms with Crippen molar-refractivity contribution in [2.75, 3.05) is 6.61 Å². The Bertz CT molecular complexity index is 363. The van der Waals surface area contributed by atoms with Crippen LogP contribution in [0.25, 0.3) is 0 Å². The van der Waals surface area contributed by atoms with Crippen molar-refractivity contribution in [3.63, 3.8) is 0 Å². The summed E-state index contributed by atoms with van der Waals surface area (Å²) in [6, 6.07) is 9.26. The third-order valence-electron chi connectivity index (χ3n) is 3.13. The second-order valence-electron chi connectivity index (χ2n) is 4.39. The predicted molar refractivity (Wildman–Crippen MR) is 65.6 cm³/mol. The Labute approximate surface area is 101 Å². The fourth-order valence-electron chi connectivity index (χ4n) is 1.86. The zero-order valence-electron chi connectivity index (χ0n) is 9.73. The molecule has 1 aliphatic carbocycles.